The lowest BCUT2D eigenvalue weighted by Gasteiger charge is -2.28. The number of nitrogens with one attached hydrogen (secondary N) is 1. The van der Waals surface area contributed by atoms with E-state index in [9.17, 15) is 18.0 Å². The number of hydrogen-bond acceptors (Lipinski definition) is 10. The number of amides is 1. The molecule has 0 aromatic carbocycles. The standard InChI is InChI=1S/C13H17F3N4O.C12H14N4S2.C5H12/c1-2-19(8-11-4-3-5-20(11)9-21)12-17-6-10(7-18-12)13(14,15)16;1-7-3-4-10(14-5-7)16-12-15-9(6-18-12)11(17)8(2)13;1-4-5(2)3/h6-7,9,11H,2-5,8H2,1H3;3-6,17H,13H2,1-2H3,(H,14,15,16);5H,4H2,1-3H3/b;11-8-;/t11-;;/m1../s1. The van der Waals surface area contributed by atoms with Crippen molar-refractivity contribution in [2.24, 2.45) is 11.7 Å². The number of rotatable bonds is 9. The van der Waals surface area contributed by atoms with E-state index in [-0.39, 0.29) is 12.0 Å². The Hall–Kier alpha value is -3.39. The van der Waals surface area contributed by atoms with Gasteiger partial charge >= 0.3 is 6.18 Å². The van der Waals surface area contributed by atoms with Gasteiger partial charge in [0, 0.05) is 60.2 Å². The number of halogens is 3. The first-order valence-corrected chi connectivity index (χ1v) is 15.8. The molecule has 1 saturated heterocycles. The zero-order chi connectivity index (χ0) is 32.9. The molecule has 1 fully saturated rings. The number of likely N-dealkylation sites (N-methyl/N-ethyl adjacent to an activating group) is 1. The first-order chi connectivity index (χ1) is 20.8. The van der Waals surface area contributed by atoms with Crippen LogP contribution in [0.2, 0.25) is 0 Å². The van der Waals surface area contributed by atoms with Crippen LogP contribution in [0.5, 0.6) is 0 Å². The topological polar surface area (TPSA) is 113 Å². The fourth-order valence-electron chi connectivity index (χ4n) is 3.72. The summed E-state index contributed by atoms with van der Waals surface area (Å²) in [6.07, 6.45) is 2.90. The Morgan fingerprint density at radius 3 is 2.39 bits per heavy atom. The number of thiazole rings is 1. The summed E-state index contributed by atoms with van der Waals surface area (Å²) in [6.45, 7) is 14.1. The molecule has 3 N–H and O–H groups in total. The molecule has 1 aliphatic rings. The molecule has 0 aliphatic carbocycles. The van der Waals surface area contributed by atoms with Crippen LogP contribution in [0.1, 0.15) is 70.7 Å². The molecule has 3 aromatic heterocycles. The molecule has 44 heavy (non-hydrogen) atoms. The predicted octanol–water partition coefficient (Wildman–Crippen LogP) is 7.16. The minimum Gasteiger partial charge on any atom is -0.401 e. The van der Waals surface area contributed by atoms with E-state index in [1.54, 1.807) is 16.7 Å². The van der Waals surface area contributed by atoms with Gasteiger partial charge < -0.3 is 20.9 Å². The van der Waals surface area contributed by atoms with Crippen molar-refractivity contribution < 1.29 is 18.0 Å². The normalized spacial score (nSPS) is 15.1. The summed E-state index contributed by atoms with van der Waals surface area (Å²) in [5.41, 5.74) is 7.38. The van der Waals surface area contributed by atoms with Crippen molar-refractivity contribution in [3.63, 3.8) is 0 Å². The van der Waals surface area contributed by atoms with Gasteiger partial charge in [-0.3, -0.25) is 4.79 Å². The number of nitrogens with two attached hydrogens (primary N) is 1. The molecule has 1 aliphatic heterocycles. The van der Waals surface area contributed by atoms with E-state index < -0.39 is 11.7 Å². The van der Waals surface area contributed by atoms with E-state index in [1.807, 2.05) is 37.6 Å². The average molecular weight is 653 g/mol. The average Bonchev–Trinajstić information content (AvgIpc) is 3.66. The predicted molar refractivity (Wildman–Crippen MR) is 176 cm³/mol. The Balaban J connectivity index is 0.000000268. The van der Waals surface area contributed by atoms with Crippen molar-refractivity contribution in [3.8, 4) is 0 Å². The Kier molecular flexibility index (Phi) is 14.9. The number of likely N-dealkylation sites (tertiary alicyclic amines) is 1. The van der Waals surface area contributed by atoms with Crippen molar-refractivity contribution in [2.45, 2.75) is 73.0 Å². The lowest BCUT2D eigenvalue weighted by atomic mass is 10.2. The van der Waals surface area contributed by atoms with Crippen LogP contribution in [0.3, 0.4) is 0 Å². The Labute approximate surface area is 267 Å². The van der Waals surface area contributed by atoms with Gasteiger partial charge in [0.15, 0.2) is 5.13 Å². The fourth-order valence-corrected chi connectivity index (χ4v) is 4.63. The van der Waals surface area contributed by atoms with E-state index in [0.29, 0.717) is 23.7 Å². The van der Waals surface area contributed by atoms with Crippen LogP contribution in [-0.4, -0.2) is 56.9 Å². The molecular formula is C30H43F3N8OS2. The molecular weight excluding hydrogens is 610 g/mol. The number of carbonyl (C=O) groups excluding carboxylic acids is 1. The highest BCUT2D eigenvalue weighted by Gasteiger charge is 2.32. The molecule has 0 radical (unpaired) electrons. The molecule has 3 aromatic rings. The zero-order valence-corrected chi connectivity index (χ0v) is 27.8. The minimum absolute atomic E-state index is 0.0633. The number of thiol groups is 1. The zero-order valence-electron chi connectivity index (χ0n) is 26.1. The highest BCUT2D eigenvalue weighted by Crippen LogP contribution is 2.29. The SMILES string of the molecule is C/C(N)=C(/S)c1csc(Nc2ccc(C)cn2)n1.CCC(C)C.CCN(C[C@H]1CCCN1C=O)c1ncc(C(F)(F)F)cn1. The van der Waals surface area contributed by atoms with Crippen molar-refractivity contribution >= 4 is 52.2 Å². The van der Waals surface area contributed by atoms with Crippen molar-refractivity contribution in [2.75, 3.05) is 29.9 Å². The molecule has 1 amide bonds. The number of nitrogens with zero attached hydrogens (tertiary/aromatic N) is 6. The van der Waals surface area contributed by atoms with Crippen molar-refractivity contribution in [1.29, 1.82) is 0 Å². The van der Waals surface area contributed by atoms with Crippen LogP contribution >= 0.6 is 24.0 Å². The molecule has 242 valence electrons. The van der Waals surface area contributed by atoms with E-state index in [1.165, 1.54) is 17.8 Å². The third kappa shape index (κ3) is 11.9. The monoisotopic (exact) mass is 652 g/mol. The van der Waals surface area contributed by atoms with Gasteiger partial charge in [0.2, 0.25) is 12.4 Å². The van der Waals surface area contributed by atoms with Crippen LogP contribution in [-0.2, 0) is 11.0 Å². The Morgan fingerprint density at radius 2 is 1.89 bits per heavy atom. The summed E-state index contributed by atoms with van der Waals surface area (Å²) in [5, 5.41) is 5.83. The first-order valence-electron chi connectivity index (χ1n) is 14.4. The lowest BCUT2D eigenvalue weighted by molar-refractivity contribution is -0.138. The Bertz CT molecular complexity index is 1310. The molecule has 9 nitrogen and oxygen atoms in total. The van der Waals surface area contributed by atoms with Crippen LogP contribution in [0.15, 0.2) is 41.8 Å². The second-order valence-electron chi connectivity index (χ2n) is 10.7. The van der Waals surface area contributed by atoms with Crippen LogP contribution < -0.4 is 16.0 Å². The Morgan fingerprint density at radius 1 is 1.23 bits per heavy atom. The molecule has 4 rings (SSSR count). The number of allylic oxidation sites excluding steroid dienone is 1. The summed E-state index contributed by atoms with van der Waals surface area (Å²) in [6, 6.07) is 3.98. The van der Waals surface area contributed by atoms with Gasteiger partial charge in [0.1, 0.15) is 5.82 Å². The highest BCUT2D eigenvalue weighted by molar-refractivity contribution is 7.90. The van der Waals surface area contributed by atoms with Gasteiger partial charge in [-0.1, -0.05) is 33.3 Å². The molecule has 4 heterocycles. The molecule has 14 heteroatoms. The molecule has 0 bridgehead atoms. The summed E-state index contributed by atoms with van der Waals surface area (Å²) in [7, 11) is 0. The largest absolute Gasteiger partial charge is 0.419 e. The van der Waals surface area contributed by atoms with E-state index in [4.69, 9.17) is 5.73 Å². The summed E-state index contributed by atoms with van der Waals surface area (Å²) in [5.74, 6) is 1.91. The number of aryl methyl sites for hydroxylation is 1. The van der Waals surface area contributed by atoms with Gasteiger partial charge in [-0.2, -0.15) is 13.2 Å². The van der Waals surface area contributed by atoms with Gasteiger partial charge in [-0.05, 0) is 51.2 Å². The summed E-state index contributed by atoms with van der Waals surface area (Å²) in [4.78, 5) is 31.4. The number of anilines is 3. The second kappa shape index (κ2) is 17.8. The molecule has 0 unspecified atom stereocenters. The smallest absolute Gasteiger partial charge is 0.401 e. The number of carbonyl (C=O) groups is 1. The van der Waals surface area contributed by atoms with E-state index in [2.05, 4.69) is 58.7 Å². The third-order valence-corrected chi connectivity index (χ3v) is 8.04. The van der Waals surface area contributed by atoms with Gasteiger partial charge in [0.05, 0.1) is 11.3 Å². The van der Waals surface area contributed by atoms with Crippen molar-refractivity contribution in [1.82, 2.24) is 24.8 Å². The maximum Gasteiger partial charge on any atom is 0.419 e. The fraction of sp³-hybridized carbons (Fsp3) is 0.500. The lowest BCUT2D eigenvalue weighted by Crippen LogP contribution is -2.40. The van der Waals surface area contributed by atoms with Crippen LogP contribution in [0.25, 0.3) is 4.91 Å². The van der Waals surface area contributed by atoms with Gasteiger partial charge in [-0.15, -0.1) is 24.0 Å². The summed E-state index contributed by atoms with van der Waals surface area (Å²) >= 11 is 5.82. The molecule has 0 spiro atoms. The number of hydrogen-bond donors (Lipinski definition) is 3. The third-order valence-electron chi connectivity index (χ3n) is 6.70. The number of pyridine rings is 1. The number of alkyl halides is 3. The maximum absolute atomic E-state index is 12.5. The van der Waals surface area contributed by atoms with E-state index in [0.717, 1.165) is 66.3 Å². The van der Waals surface area contributed by atoms with Gasteiger partial charge in [-0.25, -0.2) is 19.9 Å². The second-order valence-corrected chi connectivity index (χ2v) is 12.0. The molecule has 1 atom stereocenters. The van der Waals surface area contributed by atoms with Crippen LogP contribution in [0, 0.1) is 12.8 Å². The minimum atomic E-state index is -4.44. The van der Waals surface area contributed by atoms with Gasteiger partial charge in [0.25, 0.3) is 0 Å². The quantitative estimate of drug-likeness (QED) is 0.165. The number of aromatic nitrogens is 4. The maximum atomic E-state index is 12.5. The van der Waals surface area contributed by atoms with E-state index >= 15 is 0 Å². The van der Waals surface area contributed by atoms with Crippen LogP contribution in [0.4, 0.5) is 30.1 Å². The highest BCUT2D eigenvalue weighted by atomic mass is 32.1. The first kappa shape index (κ1) is 36.8. The summed E-state index contributed by atoms with van der Waals surface area (Å²) < 4.78 is 37.5. The molecule has 0 saturated carbocycles. The van der Waals surface area contributed by atoms with Crippen molar-refractivity contribution in [3.05, 3.63) is 58.6 Å².